The van der Waals surface area contributed by atoms with E-state index >= 15 is 0 Å². The predicted octanol–water partition coefficient (Wildman–Crippen LogP) is 1.08. The first kappa shape index (κ1) is 28.7. The van der Waals surface area contributed by atoms with Crippen molar-refractivity contribution in [1.29, 1.82) is 0 Å². The number of carbonyl (C=O) groups is 3. The zero-order valence-corrected chi connectivity index (χ0v) is 20.7. The monoisotopic (exact) mass is 484 g/mol. The van der Waals surface area contributed by atoms with Crippen molar-refractivity contribution < 1.29 is 32.6 Å². The van der Waals surface area contributed by atoms with Gasteiger partial charge < -0.3 is 9.84 Å². The van der Waals surface area contributed by atoms with E-state index in [4.69, 9.17) is 9.84 Å². The minimum atomic E-state index is -3.63. The minimum Gasteiger partial charge on any atom is -0.466 e. The molecule has 0 aliphatic carbocycles. The highest BCUT2D eigenvalue weighted by atomic mass is 32.2. The summed E-state index contributed by atoms with van der Waals surface area (Å²) in [4.78, 5) is 37.0. The molecule has 0 radical (unpaired) electrons. The van der Waals surface area contributed by atoms with Crippen molar-refractivity contribution in [3.63, 3.8) is 0 Å². The molecule has 0 aliphatic heterocycles. The Morgan fingerprint density at radius 3 is 2.55 bits per heavy atom. The van der Waals surface area contributed by atoms with Crippen LogP contribution in [0.15, 0.2) is 24.3 Å². The largest absolute Gasteiger partial charge is 0.466 e. The number of carbonyl (C=O) groups excluding carboxylic acids is 3. The molecule has 1 amide bonds. The first-order valence-electron chi connectivity index (χ1n) is 11.0. The lowest BCUT2D eigenvalue weighted by molar-refractivity contribution is -0.147. The second-order valence-corrected chi connectivity index (χ2v) is 10.5. The standard InChI is InChI=1S/C23H36N2O7S/c1-5-32-21(28)17(2)14-18-8-6-9-19(15-18)23(3,22(29)25-24-4)11-7-10-20(27)16-33(30,31)13-12-26/h6,8-9,15,17,24,26H,5,7,10-14,16H2,1-4H3,(H,25,29). The fourth-order valence-electron chi connectivity index (χ4n) is 3.57. The number of aliphatic hydroxyl groups is 1. The highest BCUT2D eigenvalue weighted by molar-refractivity contribution is 7.92. The van der Waals surface area contributed by atoms with Crippen LogP contribution in [0.3, 0.4) is 0 Å². The van der Waals surface area contributed by atoms with Crippen LogP contribution in [0.25, 0.3) is 0 Å². The molecule has 0 aliphatic rings. The molecule has 0 spiro atoms. The van der Waals surface area contributed by atoms with Crippen molar-refractivity contribution >= 4 is 27.5 Å². The molecule has 1 aromatic carbocycles. The number of sulfone groups is 1. The van der Waals surface area contributed by atoms with Gasteiger partial charge in [-0.2, -0.15) is 0 Å². The molecule has 2 unspecified atom stereocenters. The molecule has 9 nitrogen and oxygen atoms in total. The van der Waals surface area contributed by atoms with Gasteiger partial charge in [0, 0.05) is 13.5 Å². The van der Waals surface area contributed by atoms with E-state index in [0.717, 1.165) is 11.1 Å². The van der Waals surface area contributed by atoms with Crippen LogP contribution in [0.2, 0.25) is 0 Å². The van der Waals surface area contributed by atoms with Crippen molar-refractivity contribution in [2.45, 2.75) is 51.9 Å². The number of hydrazine groups is 1. The van der Waals surface area contributed by atoms with Crippen LogP contribution in [0.4, 0.5) is 0 Å². The number of amides is 1. The third kappa shape index (κ3) is 9.23. The molecule has 2 atom stereocenters. The number of aliphatic hydroxyl groups excluding tert-OH is 1. The topological polar surface area (TPSA) is 139 Å². The highest BCUT2D eigenvalue weighted by Crippen LogP contribution is 2.31. The number of ether oxygens (including phenoxy) is 1. The molecule has 0 saturated heterocycles. The summed E-state index contributed by atoms with van der Waals surface area (Å²) in [6.07, 6.45) is 1.08. The Hall–Kier alpha value is -2.30. The minimum absolute atomic E-state index is 0.00661. The number of ketones is 1. The van der Waals surface area contributed by atoms with Crippen molar-refractivity contribution in [2.24, 2.45) is 5.92 Å². The summed E-state index contributed by atoms with van der Waals surface area (Å²) in [6, 6.07) is 7.39. The molecule has 1 rings (SSSR count). The molecule has 0 fully saturated rings. The number of rotatable bonds is 15. The predicted molar refractivity (Wildman–Crippen MR) is 125 cm³/mol. The number of nitrogens with one attached hydrogen (secondary N) is 2. The number of esters is 1. The first-order valence-corrected chi connectivity index (χ1v) is 12.9. The van der Waals surface area contributed by atoms with E-state index in [1.165, 1.54) is 0 Å². The number of benzene rings is 1. The SMILES string of the molecule is CCOC(=O)C(C)Cc1cccc(C(C)(CCCC(=O)CS(=O)(=O)CCO)C(=O)NNC)c1. The average Bonchev–Trinajstić information content (AvgIpc) is 2.73. The Balaban J connectivity index is 2.99. The van der Waals surface area contributed by atoms with Gasteiger partial charge in [-0.25, -0.2) is 13.8 Å². The van der Waals surface area contributed by atoms with Gasteiger partial charge in [0.1, 0.15) is 11.5 Å². The summed E-state index contributed by atoms with van der Waals surface area (Å²) in [5.74, 6) is -2.42. The summed E-state index contributed by atoms with van der Waals surface area (Å²) in [7, 11) is -2.05. The molecule has 0 aromatic heterocycles. The Morgan fingerprint density at radius 2 is 1.94 bits per heavy atom. The Morgan fingerprint density at radius 1 is 1.24 bits per heavy atom. The zero-order chi connectivity index (χ0) is 25.1. The fourth-order valence-corrected chi connectivity index (χ4v) is 4.63. The average molecular weight is 485 g/mol. The zero-order valence-electron chi connectivity index (χ0n) is 19.8. The molecule has 186 valence electrons. The molecule has 1 aromatic rings. The van der Waals surface area contributed by atoms with E-state index in [9.17, 15) is 22.8 Å². The molecule has 0 bridgehead atoms. The molecule has 10 heteroatoms. The lowest BCUT2D eigenvalue weighted by Crippen LogP contribution is -2.47. The van der Waals surface area contributed by atoms with Gasteiger partial charge in [0.25, 0.3) is 0 Å². The summed E-state index contributed by atoms with van der Waals surface area (Å²) >= 11 is 0. The van der Waals surface area contributed by atoms with Gasteiger partial charge in [-0.1, -0.05) is 31.2 Å². The van der Waals surface area contributed by atoms with Crippen molar-refractivity contribution in [1.82, 2.24) is 10.9 Å². The summed E-state index contributed by atoms with van der Waals surface area (Å²) in [5, 5.41) is 8.80. The van der Waals surface area contributed by atoms with Crippen molar-refractivity contribution in [3.8, 4) is 0 Å². The van der Waals surface area contributed by atoms with E-state index in [1.807, 2.05) is 24.3 Å². The van der Waals surface area contributed by atoms with Crippen LogP contribution < -0.4 is 10.9 Å². The van der Waals surface area contributed by atoms with E-state index in [-0.39, 0.29) is 24.2 Å². The Bertz CT molecular complexity index is 917. The molecule has 0 heterocycles. The third-order valence-corrected chi connectivity index (χ3v) is 7.02. The van der Waals surface area contributed by atoms with Gasteiger partial charge >= 0.3 is 5.97 Å². The summed E-state index contributed by atoms with van der Waals surface area (Å²) < 4.78 is 28.6. The van der Waals surface area contributed by atoms with Gasteiger partial charge in [0.05, 0.1) is 30.3 Å². The van der Waals surface area contributed by atoms with E-state index in [2.05, 4.69) is 10.9 Å². The van der Waals surface area contributed by atoms with E-state index in [1.54, 1.807) is 27.8 Å². The maximum absolute atomic E-state index is 12.9. The lowest BCUT2D eigenvalue weighted by Gasteiger charge is -2.29. The van der Waals surface area contributed by atoms with Crippen LogP contribution in [0, 0.1) is 5.92 Å². The normalized spacial score (nSPS) is 14.2. The van der Waals surface area contributed by atoms with Gasteiger partial charge in [-0.05, 0) is 44.2 Å². The quantitative estimate of drug-likeness (QED) is 0.248. The van der Waals surface area contributed by atoms with Gasteiger partial charge in [0.15, 0.2) is 9.84 Å². The molecule has 33 heavy (non-hydrogen) atoms. The highest BCUT2D eigenvalue weighted by Gasteiger charge is 2.35. The maximum atomic E-state index is 12.9. The third-order valence-electron chi connectivity index (χ3n) is 5.45. The number of Topliss-reactive ketones (excluding diaryl/α,β-unsaturated/α-hetero) is 1. The molecular formula is C23H36N2O7S. The second kappa shape index (κ2) is 13.4. The maximum Gasteiger partial charge on any atom is 0.308 e. The van der Waals surface area contributed by atoms with Crippen LogP contribution in [-0.4, -0.2) is 63.0 Å². The lowest BCUT2D eigenvalue weighted by atomic mass is 9.76. The number of hydrogen-bond donors (Lipinski definition) is 3. The smallest absolute Gasteiger partial charge is 0.308 e. The molecular weight excluding hydrogens is 448 g/mol. The van der Waals surface area contributed by atoms with Crippen LogP contribution in [0.5, 0.6) is 0 Å². The molecule has 3 N–H and O–H groups in total. The Kier molecular flexibility index (Phi) is 11.7. The first-order chi connectivity index (χ1) is 15.5. The van der Waals surface area contributed by atoms with E-state index < -0.39 is 39.1 Å². The Labute approximate surface area is 196 Å². The second-order valence-electron chi connectivity index (χ2n) is 8.30. The van der Waals surface area contributed by atoms with E-state index in [0.29, 0.717) is 25.9 Å². The van der Waals surface area contributed by atoms with Crippen LogP contribution >= 0.6 is 0 Å². The van der Waals surface area contributed by atoms with Gasteiger partial charge in [-0.15, -0.1) is 0 Å². The van der Waals surface area contributed by atoms with Gasteiger partial charge in [-0.3, -0.25) is 19.8 Å². The summed E-state index contributed by atoms with van der Waals surface area (Å²) in [6.45, 7) is 5.09. The fraction of sp³-hybridized carbons (Fsp3) is 0.609. The van der Waals surface area contributed by atoms with Gasteiger partial charge in [0.2, 0.25) is 5.91 Å². The summed E-state index contributed by atoms with van der Waals surface area (Å²) in [5.41, 5.74) is 5.85. The van der Waals surface area contributed by atoms with Crippen LogP contribution in [-0.2, 0) is 40.8 Å². The van der Waals surface area contributed by atoms with Crippen molar-refractivity contribution in [3.05, 3.63) is 35.4 Å². The number of hydrogen-bond acceptors (Lipinski definition) is 8. The van der Waals surface area contributed by atoms with Crippen molar-refractivity contribution in [2.75, 3.05) is 31.8 Å². The van der Waals surface area contributed by atoms with Crippen LogP contribution in [0.1, 0.15) is 51.2 Å². The molecule has 0 saturated carbocycles.